The summed E-state index contributed by atoms with van der Waals surface area (Å²) in [7, 11) is 0. The maximum absolute atomic E-state index is 11.9. The van der Waals surface area contributed by atoms with Crippen LogP contribution in [0.5, 0.6) is 0 Å². The third kappa shape index (κ3) is 2.25. The molecule has 0 spiro atoms. The van der Waals surface area contributed by atoms with E-state index in [4.69, 9.17) is 0 Å². The number of benzene rings is 1. The van der Waals surface area contributed by atoms with Crippen molar-refractivity contribution < 1.29 is 4.79 Å². The van der Waals surface area contributed by atoms with Crippen LogP contribution in [0.3, 0.4) is 0 Å². The number of hydrogen-bond acceptors (Lipinski definition) is 2. The number of aryl methyl sites for hydroxylation is 1. The molecule has 1 fully saturated rings. The van der Waals surface area contributed by atoms with Crippen LogP contribution in [-0.2, 0) is 4.79 Å². The number of likely N-dealkylation sites (N-methyl/N-ethyl adjacent to an activating group) is 1. The molecule has 1 N–H and O–H groups in total. The van der Waals surface area contributed by atoms with Crippen molar-refractivity contribution in [1.29, 1.82) is 0 Å². The van der Waals surface area contributed by atoms with E-state index in [-0.39, 0.29) is 5.91 Å². The van der Waals surface area contributed by atoms with Crippen LogP contribution in [0.25, 0.3) is 0 Å². The van der Waals surface area contributed by atoms with Crippen molar-refractivity contribution in [2.24, 2.45) is 0 Å². The number of carbonyl (C=O) groups is 1. The van der Waals surface area contributed by atoms with Gasteiger partial charge < -0.3 is 10.2 Å². The van der Waals surface area contributed by atoms with Crippen LogP contribution >= 0.6 is 0 Å². The van der Waals surface area contributed by atoms with E-state index >= 15 is 0 Å². The zero-order valence-electron chi connectivity index (χ0n) is 9.86. The van der Waals surface area contributed by atoms with Gasteiger partial charge in [0.05, 0.1) is 0 Å². The van der Waals surface area contributed by atoms with Crippen LogP contribution < -0.4 is 10.2 Å². The number of anilines is 1. The van der Waals surface area contributed by atoms with E-state index in [9.17, 15) is 4.79 Å². The highest BCUT2D eigenvalue weighted by atomic mass is 16.2. The van der Waals surface area contributed by atoms with Gasteiger partial charge in [0.1, 0.15) is 0 Å². The first kappa shape index (κ1) is 11.1. The molecule has 0 aliphatic carbocycles. The number of nitrogens with zero attached hydrogens (tertiary/aromatic N) is 1. The minimum atomic E-state index is 0.219. The topological polar surface area (TPSA) is 32.3 Å². The summed E-state index contributed by atoms with van der Waals surface area (Å²) in [5.41, 5.74) is 2.21. The van der Waals surface area contributed by atoms with Crippen molar-refractivity contribution in [2.75, 3.05) is 18.0 Å². The predicted molar refractivity (Wildman–Crippen MR) is 65.6 cm³/mol. The fraction of sp³-hybridized carbons (Fsp3) is 0.462. The largest absolute Gasteiger partial charge is 0.312 e. The Balaban J connectivity index is 2.13. The molecule has 3 heteroatoms. The summed E-state index contributed by atoms with van der Waals surface area (Å²) in [5, 5.41) is 3.33. The van der Waals surface area contributed by atoms with Gasteiger partial charge in [-0.3, -0.25) is 4.79 Å². The van der Waals surface area contributed by atoms with Crippen molar-refractivity contribution in [3.8, 4) is 0 Å². The van der Waals surface area contributed by atoms with Gasteiger partial charge in [0, 0.05) is 24.7 Å². The lowest BCUT2D eigenvalue weighted by molar-refractivity contribution is -0.117. The van der Waals surface area contributed by atoms with Gasteiger partial charge in [-0.15, -0.1) is 0 Å². The van der Waals surface area contributed by atoms with E-state index in [2.05, 4.69) is 18.3 Å². The summed E-state index contributed by atoms with van der Waals surface area (Å²) in [6.45, 7) is 5.82. The molecule has 1 saturated heterocycles. The summed E-state index contributed by atoms with van der Waals surface area (Å²) >= 11 is 0. The Morgan fingerprint density at radius 1 is 1.50 bits per heavy atom. The molecule has 1 aliphatic rings. The van der Waals surface area contributed by atoms with Gasteiger partial charge in [-0.1, -0.05) is 19.1 Å². The van der Waals surface area contributed by atoms with Gasteiger partial charge in [-0.05, 0) is 31.2 Å². The first-order chi connectivity index (χ1) is 7.70. The van der Waals surface area contributed by atoms with E-state index in [1.165, 1.54) is 5.56 Å². The smallest absolute Gasteiger partial charge is 0.228 e. The lowest BCUT2D eigenvalue weighted by atomic mass is 10.2. The summed E-state index contributed by atoms with van der Waals surface area (Å²) < 4.78 is 0. The van der Waals surface area contributed by atoms with Gasteiger partial charge >= 0.3 is 0 Å². The fourth-order valence-electron chi connectivity index (χ4n) is 2.18. The third-order valence-corrected chi connectivity index (χ3v) is 2.93. The van der Waals surface area contributed by atoms with Crippen LogP contribution in [-0.4, -0.2) is 25.0 Å². The van der Waals surface area contributed by atoms with Crippen LogP contribution in [0, 0.1) is 6.92 Å². The fourth-order valence-corrected chi connectivity index (χ4v) is 2.18. The van der Waals surface area contributed by atoms with Crippen molar-refractivity contribution in [2.45, 2.75) is 26.3 Å². The predicted octanol–water partition coefficient (Wildman–Crippen LogP) is 1.71. The highest BCUT2D eigenvalue weighted by Crippen LogP contribution is 2.22. The molecule has 2 rings (SSSR count). The van der Waals surface area contributed by atoms with Crippen LogP contribution in [0.15, 0.2) is 24.3 Å². The molecule has 0 aromatic heterocycles. The van der Waals surface area contributed by atoms with E-state index in [0.29, 0.717) is 12.5 Å². The molecule has 1 aromatic carbocycles. The Hall–Kier alpha value is -1.35. The average molecular weight is 218 g/mol. The molecule has 0 bridgehead atoms. The minimum absolute atomic E-state index is 0.219. The molecule has 1 heterocycles. The zero-order chi connectivity index (χ0) is 11.5. The Bertz CT molecular complexity index is 389. The lowest BCUT2D eigenvalue weighted by Crippen LogP contribution is -2.32. The van der Waals surface area contributed by atoms with Gasteiger partial charge in [0.15, 0.2) is 0 Å². The first-order valence-corrected chi connectivity index (χ1v) is 5.81. The molecular weight excluding hydrogens is 200 g/mol. The minimum Gasteiger partial charge on any atom is -0.312 e. The van der Waals surface area contributed by atoms with Crippen molar-refractivity contribution in [3.63, 3.8) is 0 Å². The molecule has 16 heavy (non-hydrogen) atoms. The second kappa shape index (κ2) is 4.66. The Morgan fingerprint density at radius 3 is 3.00 bits per heavy atom. The molecule has 1 aliphatic heterocycles. The van der Waals surface area contributed by atoms with Crippen LogP contribution in [0.4, 0.5) is 5.69 Å². The molecule has 1 aromatic rings. The van der Waals surface area contributed by atoms with E-state index in [1.54, 1.807) is 0 Å². The molecule has 86 valence electrons. The van der Waals surface area contributed by atoms with Crippen LogP contribution in [0.1, 0.15) is 18.9 Å². The molecule has 1 atom stereocenters. The normalized spacial score (nSPS) is 20.5. The number of rotatable bonds is 3. The second-order valence-electron chi connectivity index (χ2n) is 4.30. The maximum Gasteiger partial charge on any atom is 0.228 e. The van der Waals surface area contributed by atoms with Gasteiger partial charge in [-0.2, -0.15) is 0 Å². The monoisotopic (exact) mass is 218 g/mol. The number of amides is 1. The summed E-state index contributed by atoms with van der Waals surface area (Å²) in [4.78, 5) is 13.7. The highest BCUT2D eigenvalue weighted by Gasteiger charge is 2.29. The second-order valence-corrected chi connectivity index (χ2v) is 4.30. The summed E-state index contributed by atoms with van der Waals surface area (Å²) in [5.74, 6) is 0.219. The molecule has 1 unspecified atom stereocenters. The van der Waals surface area contributed by atoms with Gasteiger partial charge in [0.25, 0.3) is 0 Å². The number of carbonyl (C=O) groups excluding carboxylic acids is 1. The first-order valence-electron chi connectivity index (χ1n) is 5.81. The third-order valence-electron chi connectivity index (χ3n) is 2.93. The SMILES string of the molecule is CCNC1CC(=O)N(c2cccc(C)c2)C1. The van der Waals surface area contributed by atoms with Crippen molar-refractivity contribution >= 4 is 11.6 Å². The summed E-state index contributed by atoms with van der Waals surface area (Å²) in [6.07, 6.45) is 0.613. The van der Waals surface area contributed by atoms with Gasteiger partial charge in [0.2, 0.25) is 5.91 Å². The molecule has 3 nitrogen and oxygen atoms in total. The maximum atomic E-state index is 11.9. The summed E-state index contributed by atoms with van der Waals surface area (Å²) in [6, 6.07) is 8.41. The number of nitrogens with one attached hydrogen (secondary N) is 1. The standard InChI is InChI=1S/C13H18N2O/c1-3-14-11-8-13(16)15(9-11)12-6-4-5-10(2)7-12/h4-7,11,14H,3,8-9H2,1-2H3. The van der Waals surface area contributed by atoms with Crippen molar-refractivity contribution in [3.05, 3.63) is 29.8 Å². The van der Waals surface area contributed by atoms with E-state index in [1.807, 2.05) is 30.0 Å². The van der Waals surface area contributed by atoms with E-state index in [0.717, 1.165) is 18.8 Å². The quantitative estimate of drug-likeness (QED) is 0.837. The van der Waals surface area contributed by atoms with Crippen molar-refractivity contribution in [1.82, 2.24) is 5.32 Å². The van der Waals surface area contributed by atoms with E-state index < -0.39 is 0 Å². The Labute approximate surface area is 96.5 Å². The van der Waals surface area contributed by atoms with Crippen LogP contribution in [0.2, 0.25) is 0 Å². The molecular formula is C13H18N2O. The van der Waals surface area contributed by atoms with Gasteiger partial charge in [-0.25, -0.2) is 0 Å². The molecule has 1 amide bonds. The number of hydrogen-bond donors (Lipinski definition) is 1. The zero-order valence-corrected chi connectivity index (χ0v) is 9.86. The Morgan fingerprint density at radius 2 is 2.31 bits per heavy atom. The lowest BCUT2D eigenvalue weighted by Gasteiger charge is -2.17. The Kier molecular flexibility index (Phi) is 3.25. The average Bonchev–Trinajstić information content (AvgIpc) is 2.60. The molecule has 0 radical (unpaired) electrons. The highest BCUT2D eigenvalue weighted by molar-refractivity contribution is 5.96. The molecule has 0 saturated carbocycles.